The maximum Gasteiger partial charge on any atom is 0.339 e. The Morgan fingerprint density at radius 1 is 1.00 bits per heavy atom. The van der Waals surface area contributed by atoms with Gasteiger partial charge in [-0.25, -0.2) is 4.79 Å². The minimum Gasteiger partial charge on any atom is -0.496 e. The van der Waals surface area contributed by atoms with E-state index in [0.29, 0.717) is 5.75 Å². The van der Waals surface area contributed by atoms with Crippen LogP contribution in [0.15, 0.2) is 42.5 Å². The van der Waals surface area contributed by atoms with Crippen LogP contribution in [0, 0.1) is 0 Å². The van der Waals surface area contributed by atoms with E-state index >= 15 is 0 Å². The number of rotatable bonds is 8. The third-order valence-electron chi connectivity index (χ3n) is 3.81. The molecule has 2 rings (SSSR count). The van der Waals surface area contributed by atoms with Crippen molar-refractivity contribution in [2.75, 3.05) is 13.7 Å². The summed E-state index contributed by atoms with van der Waals surface area (Å²) in [4.78, 5) is 11.3. The van der Waals surface area contributed by atoms with E-state index in [1.165, 1.54) is 18.2 Å². The van der Waals surface area contributed by atoms with Gasteiger partial charge < -0.3 is 14.9 Å². The zero-order chi connectivity index (χ0) is 16.7. The maximum atomic E-state index is 11.3. The molecule has 0 bridgehead atoms. The fourth-order valence-corrected chi connectivity index (χ4v) is 2.59. The summed E-state index contributed by atoms with van der Waals surface area (Å²) in [6.45, 7) is 0.202. The van der Waals surface area contributed by atoms with Crippen molar-refractivity contribution < 1.29 is 19.7 Å². The molecular weight excluding hydrogens is 292 g/mol. The van der Waals surface area contributed by atoms with Crippen molar-refractivity contribution in [2.24, 2.45) is 0 Å². The van der Waals surface area contributed by atoms with E-state index in [4.69, 9.17) is 9.84 Å². The smallest absolute Gasteiger partial charge is 0.339 e. The fraction of sp³-hybridized carbons (Fsp3) is 0.316. The molecule has 2 aromatic carbocycles. The summed E-state index contributed by atoms with van der Waals surface area (Å²) in [5.74, 6) is -0.595. The molecule has 2 aromatic rings. The minimum atomic E-state index is -0.977. The fourth-order valence-electron chi connectivity index (χ4n) is 2.59. The number of aliphatic hydroxyl groups is 1. The minimum absolute atomic E-state index is 0.196. The van der Waals surface area contributed by atoms with Crippen molar-refractivity contribution in [3.05, 3.63) is 64.7 Å². The highest BCUT2D eigenvalue weighted by Crippen LogP contribution is 2.21. The van der Waals surface area contributed by atoms with E-state index in [2.05, 4.69) is 18.2 Å². The van der Waals surface area contributed by atoms with Gasteiger partial charge in [0.2, 0.25) is 0 Å². The summed E-state index contributed by atoms with van der Waals surface area (Å²) < 4.78 is 5.08. The van der Waals surface area contributed by atoms with Gasteiger partial charge in [0.15, 0.2) is 0 Å². The van der Waals surface area contributed by atoms with Gasteiger partial charge in [-0.1, -0.05) is 30.3 Å². The number of aliphatic hydroxyl groups excluding tert-OH is 1. The van der Waals surface area contributed by atoms with Crippen LogP contribution in [0.4, 0.5) is 0 Å². The Morgan fingerprint density at radius 3 is 2.26 bits per heavy atom. The predicted octanol–water partition coefficient (Wildman–Crippen LogP) is 3.10. The number of hydrogen-bond donors (Lipinski definition) is 2. The predicted molar refractivity (Wildman–Crippen MR) is 89.2 cm³/mol. The Labute approximate surface area is 136 Å². The van der Waals surface area contributed by atoms with Crippen molar-refractivity contribution in [3.8, 4) is 5.75 Å². The first-order valence-electron chi connectivity index (χ1n) is 7.73. The number of carbonyl (C=O) groups is 1. The molecule has 0 heterocycles. The normalized spacial score (nSPS) is 10.5. The first kappa shape index (κ1) is 17.0. The molecule has 0 aliphatic heterocycles. The van der Waals surface area contributed by atoms with Gasteiger partial charge in [0.25, 0.3) is 0 Å². The summed E-state index contributed by atoms with van der Waals surface area (Å²) in [5, 5.41) is 18.1. The van der Waals surface area contributed by atoms with Gasteiger partial charge in [-0.3, -0.25) is 0 Å². The molecule has 2 N–H and O–H groups in total. The highest BCUT2D eigenvalue weighted by molar-refractivity contribution is 5.91. The Bertz CT molecular complexity index is 664. The number of carboxylic acids is 1. The summed E-state index contributed by atoms with van der Waals surface area (Å²) >= 11 is 0. The first-order chi connectivity index (χ1) is 11.1. The molecule has 0 aromatic heterocycles. The molecule has 0 amide bonds. The summed E-state index contributed by atoms with van der Waals surface area (Å²) in [6, 6.07) is 13.6. The van der Waals surface area contributed by atoms with Crippen LogP contribution in [0.25, 0.3) is 0 Å². The Hall–Kier alpha value is -2.33. The van der Waals surface area contributed by atoms with Gasteiger partial charge in [-0.2, -0.15) is 0 Å². The second-order valence-corrected chi connectivity index (χ2v) is 5.49. The monoisotopic (exact) mass is 314 g/mol. The lowest BCUT2D eigenvalue weighted by Crippen LogP contribution is -2.02. The van der Waals surface area contributed by atoms with E-state index < -0.39 is 5.97 Å². The number of carboxylic acid groups (broad SMARTS) is 1. The maximum absolute atomic E-state index is 11.3. The third-order valence-corrected chi connectivity index (χ3v) is 3.81. The van der Waals surface area contributed by atoms with E-state index in [1.54, 1.807) is 12.1 Å². The van der Waals surface area contributed by atoms with E-state index in [-0.39, 0.29) is 12.2 Å². The molecular formula is C19H22O4. The molecule has 0 unspecified atom stereocenters. The molecule has 23 heavy (non-hydrogen) atoms. The third kappa shape index (κ3) is 4.83. The van der Waals surface area contributed by atoms with Gasteiger partial charge in [0, 0.05) is 6.61 Å². The van der Waals surface area contributed by atoms with Crippen LogP contribution in [-0.4, -0.2) is 29.9 Å². The molecule has 0 radical (unpaired) electrons. The van der Waals surface area contributed by atoms with Crippen LogP contribution in [0.5, 0.6) is 5.75 Å². The highest BCUT2D eigenvalue weighted by atomic mass is 16.5. The molecule has 4 nitrogen and oxygen atoms in total. The summed E-state index contributed by atoms with van der Waals surface area (Å²) in [6.07, 6.45) is 3.26. The van der Waals surface area contributed by atoms with Crippen LogP contribution < -0.4 is 4.74 Å². The first-order valence-corrected chi connectivity index (χ1v) is 7.73. The summed E-state index contributed by atoms with van der Waals surface area (Å²) in [7, 11) is 1.47. The molecule has 0 spiro atoms. The van der Waals surface area contributed by atoms with Crippen LogP contribution in [0.1, 0.15) is 33.5 Å². The topological polar surface area (TPSA) is 66.8 Å². The van der Waals surface area contributed by atoms with Crippen LogP contribution in [0.3, 0.4) is 0 Å². The van der Waals surface area contributed by atoms with Crippen LogP contribution in [0.2, 0.25) is 0 Å². The van der Waals surface area contributed by atoms with Crippen molar-refractivity contribution in [3.63, 3.8) is 0 Å². The average Bonchev–Trinajstić information content (AvgIpc) is 2.58. The molecule has 122 valence electrons. The molecule has 0 atom stereocenters. The van der Waals surface area contributed by atoms with Gasteiger partial charge in [-0.15, -0.1) is 0 Å². The van der Waals surface area contributed by atoms with Crippen LogP contribution in [-0.2, 0) is 19.3 Å². The second kappa shape index (κ2) is 8.34. The number of methoxy groups -OCH3 is 1. The van der Waals surface area contributed by atoms with Crippen molar-refractivity contribution >= 4 is 5.97 Å². The number of hydrogen-bond acceptors (Lipinski definition) is 3. The zero-order valence-electron chi connectivity index (χ0n) is 13.3. The molecule has 0 aliphatic rings. The van der Waals surface area contributed by atoms with Crippen LogP contribution >= 0.6 is 0 Å². The average molecular weight is 314 g/mol. The van der Waals surface area contributed by atoms with Gasteiger partial charge in [0.05, 0.1) is 7.11 Å². The lowest BCUT2D eigenvalue weighted by atomic mass is 9.99. The van der Waals surface area contributed by atoms with E-state index in [1.807, 2.05) is 12.1 Å². The lowest BCUT2D eigenvalue weighted by Gasteiger charge is -2.09. The summed E-state index contributed by atoms with van der Waals surface area (Å²) in [5.41, 5.74) is 3.61. The van der Waals surface area contributed by atoms with Gasteiger partial charge >= 0.3 is 5.97 Å². The quantitative estimate of drug-likeness (QED) is 0.785. The zero-order valence-corrected chi connectivity index (χ0v) is 13.3. The standard InChI is InChI=1S/C19H22O4/c1-23-18-10-9-16(13-17(18)19(21)22)8-7-15-5-2-4-14(12-15)6-3-11-20/h2,4-5,9-10,12-13,20H,3,6-8,11H2,1H3,(H,21,22). The van der Waals surface area contributed by atoms with Crippen molar-refractivity contribution in [1.29, 1.82) is 0 Å². The van der Waals surface area contributed by atoms with Crippen molar-refractivity contribution in [1.82, 2.24) is 0 Å². The Kier molecular flexibility index (Phi) is 6.18. The second-order valence-electron chi connectivity index (χ2n) is 5.49. The number of benzene rings is 2. The SMILES string of the molecule is COc1ccc(CCc2cccc(CCCO)c2)cc1C(=O)O. The highest BCUT2D eigenvalue weighted by Gasteiger charge is 2.11. The molecule has 0 saturated heterocycles. The molecule has 4 heteroatoms. The molecule has 0 aliphatic carbocycles. The lowest BCUT2D eigenvalue weighted by molar-refractivity contribution is 0.0693. The number of aryl methyl sites for hydroxylation is 3. The molecule has 0 fully saturated rings. The van der Waals surface area contributed by atoms with Gasteiger partial charge in [-0.05, 0) is 54.5 Å². The van der Waals surface area contributed by atoms with Gasteiger partial charge in [0.1, 0.15) is 11.3 Å². The molecule has 0 saturated carbocycles. The Morgan fingerprint density at radius 2 is 1.65 bits per heavy atom. The van der Waals surface area contributed by atoms with E-state index in [0.717, 1.165) is 31.2 Å². The number of ether oxygens (including phenoxy) is 1. The van der Waals surface area contributed by atoms with Crippen molar-refractivity contribution in [2.45, 2.75) is 25.7 Å². The number of aromatic carboxylic acids is 1. The van der Waals surface area contributed by atoms with E-state index in [9.17, 15) is 9.90 Å². The Balaban J connectivity index is 2.06. The largest absolute Gasteiger partial charge is 0.496 e.